The Hall–Kier alpha value is -3.07. The lowest BCUT2D eigenvalue weighted by Gasteiger charge is -2.34. The highest BCUT2D eigenvalue weighted by atomic mass is 32.2. The molecule has 2 heterocycles. The van der Waals surface area contributed by atoms with E-state index in [0.29, 0.717) is 36.2 Å². The lowest BCUT2D eigenvalue weighted by atomic mass is 9.94. The Morgan fingerprint density at radius 2 is 1.69 bits per heavy atom. The van der Waals surface area contributed by atoms with Crippen LogP contribution in [0.3, 0.4) is 0 Å². The van der Waals surface area contributed by atoms with E-state index in [-0.39, 0.29) is 10.8 Å². The number of hydrogen-bond donors (Lipinski definition) is 1. The van der Waals surface area contributed by atoms with Crippen molar-refractivity contribution in [2.24, 2.45) is 11.8 Å². The van der Waals surface area contributed by atoms with Crippen LogP contribution in [0, 0.1) is 11.8 Å². The van der Waals surface area contributed by atoms with E-state index in [0.717, 1.165) is 27.2 Å². The molecular formula is C27H27N3O3S2. The van der Waals surface area contributed by atoms with Crippen LogP contribution in [-0.2, 0) is 10.0 Å². The van der Waals surface area contributed by atoms with Crippen molar-refractivity contribution < 1.29 is 13.2 Å². The predicted molar refractivity (Wildman–Crippen MR) is 141 cm³/mol. The normalized spacial score (nSPS) is 19.0. The second-order valence-electron chi connectivity index (χ2n) is 9.31. The fourth-order valence-electron chi connectivity index (χ4n) is 4.66. The molecule has 0 radical (unpaired) electrons. The fourth-order valence-corrected chi connectivity index (χ4v) is 7.30. The molecular weight excluding hydrogens is 478 g/mol. The van der Waals surface area contributed by atoms with Gasteiger partial charge in [-0.05, 0) is 66.8 Å². The summed E-state index contributed by atoms with van der Waals surface area (Å²) in [6.45, 7) is 5.22. The highest BCUT2D eigenvalue weighted by Crippen LogP contribution is 2.31. The average Bonchev–Trinajstić information content (AvgIpc) is 3.28. The van der Waals surface area contributed by atoms with E-state index in [2.05, 4.69) is 24.1 Å². The zero-order chi connectivity index (χ0) is 24.6. The van der Waals surface area contributed by atoms with Gasteiger partial charge in [0.05, 0.1) is 15.1 Å². The molecule has 0 aliphatic carbocycles. The van der Waals surface area contributed by atoms with Crippen molar-refractivity contribution in [2.45, 2.75) is 25.2 Å². The molecule has 1 aliphatic rings. The zero-order valence-corrected chi connectivity index (χ0v) is 21.3. The Morgan fingerprint density at radius 3 is 2.40 bits per heavy atom. The molecule has 0 saturated carbocycles. The molecule has 1 N–H and O–H groups in total. The van der Waals surface area contributed by atoms with Gasteiger partial charge in [-0.15, -0.1) is 11.3 Å². The Labute approximate surface area is 209 Å². The molecule has 0 bridgehead atoms. The van der Waals surface area contributed by atoms with Crippen LogP contribution in [0.2, 0.25) is 0 Å². The van der Waals surface area contributed by atoms with E-state index in [1.165, 1.54) is 12.1 Å². The first-order valence-electron chi connectivity index (χ1n) is 11.7. The van der Waals surface area contributed by atoms with E-state index < -0.39 is 10.0 Å². The predicted octanol–water partition coefficient (Wildman–Crippen LogP) is 5.88. The van der Waals surface area contributed by atoms with Crippen LogP contribution in [0.1, 0.15) is 30.6 Å². The van der Waals surface area contributed by atoms with Crippen molar-refractivity contribution in [3.05, 3.63) is 78.4 Å². The van der Waals surface area contributed by atoms with Gasteiger partial charge in [0.1, 0.15) is 5.01 Å². The van der Waals surface area contributed by atoms with Crippen molar-refractivity contribution >= 4 is 43.2 Å². The number of nitrogens with zero attached hydrogens (tertiary/aromatic N) is 2. The van der Waals surface area contributed by atoms with Crippen LogP contribution in [0.4, 0.5) is 5.69 Å². The Balaban J connectivity index is 1.31. The number of para-hydroxylation sites is 1. The molecule has 1 fully saturated rings. The number of fused-ring (bicyclic) bond motifs is 1. The second kappa shape index (κ2) is 9.53. The molecule has 4 aromatic rings. The standard InChI is InChI=1S/C27H27N3O3S2/c1-18-14-19(2)17-30(16-18)35(32,33)23-12-10-20(11-13-23)26(31)28-22-7-5-6-21(15-22)27-29-24-8-3-4-9-25(24)34-27/h3-13,15,18-19H,14,16-17H2,1-2H3,(H,28,31)/t18-,19-/m0/s1. The quantitative estimate of drug-likeness (QED) is 0.367. The van der Waals surface area contributed by atoms with Crippen molar-refractivity contribution in [3.63, 3.8) is 0 Å². The topological polar surface area (TPSA) is 79.4 Å². The number of aromatic nitrogens is 1. The maximum atomic E-state index is 13.1. The lowest BCUT2D eigenvalue weighted by molar-refractivity contribution is 0.102. The number of carbonyl (C=O) groups is 1. The highest BCUT2D eigenvalue weighted by Gasteiger charge is 2.31. The van der Waals surface area contributed by atoms with Gasteiger partial charge in [-0.3, -0.25) is 4.79 Å². The first-order chi connectivity index (χ1) is 16.8. The van der Waals surface area contributed by atoms with Crippen molar-refractivity contribution in [2.75, 3.05) is 18.4 Å². The largest absolute Gasteiger partial charge is 0.322 e. The summed E-state index contributed by atoms with van der Waals surface area (Å²) in [5, 5.41) is 3.80. The third-order valence-corrected chi connectivity index (χ3v) is 9.18. The summed E-state index contributed by atoms with van der Waals surface area (Å²) in [5.41, 5.74) is 2.93. The van der Waals surface area contributed by atoms with Gasteiger partial charge in [0.15, 0.2) is 0 Å². The van der Waals surface area contributed by atoms with Crippen molar-refractivity contribution in [3.8, 4) is 10.6 Å². The van der Waals surface area contributed by atoms with Crippen LogP contribution in [-0.4, -0.2) is 36.7 Å². The summed E-state index contributed by atoms with van der Waals surface area (Å²) in [4.78, 5) is 17.8. The van der Waals surface area contributed by atoms with Gasteiger partial charge >= 0.3 is 0 Å². The highest BCUT2D eigenvalue weighted by molar-refractivity contribution is 7.89. The molecule has 0 unspecified atom stereocenters. The van der Waals surface area contributed by atoms with E-state index >= 15 is 0 Å². The zero-order valence-electron chi connectivity index (χ0n) is 19.6. The summed E-state index contributed by atoms with van der Waals surface area (Å²) in [7, 11) is -3.58. The molecule has 0 spiro atoms. The molecule has 2 atom stereocenters. The third-order valence-electron chi connectivity index (χ3n) is 6.25. The van der Waals surface area contributed by atoms with Gasteiger partial charge in [-0.2, -0.15) is 4.31 Å². The molecule has 1 amide bonds. The Bertz CT molecular complexity index is 1440. The number of piperidine rings is 1. The minimum absolute atomic E-state index is 0.216. The van der Waals surface area contributed by atoms with Crippen molar-refractivity contribution in [1.29, 1.82) is 0 Å². The number of anilines is 1. The van der Waals surface area contributed by atoms with Gasteiger partial charge in [0, 0.05) is 29.9 Å². The number of benzene rings is 3. The summed E-state index contributed by atoms with van der Waals surface area (Å²) >= 11 is 1.61. The monoisotopic (exact) mass is 505 g/mol. The lowest BCUT2D eigenvalue weighted by Crippen LogP contribution is -2.42. The maximum absolute atomic E-state index is 13.1. The molecule has 35 heavy (non-hydrogen) atoms. The number of amides is 1. The summed E-state index contributed by atoms with van der Waals surface area (Å²) in [5.74, 6) is 0.366. The molecule has 1 aromatic heterocycles. The van der Waals surface area contributed by atoms with Gasteiger partial charge in [-0.1, -0.05) is 38.1 Å². The Kier molecular flexibility index (Phi) is 6.44. The first-order valence-corrected chi connectivity index (χ1v) is 13.9. The van der Waals surface area contributed by atoms with E-state index in [1.54, 1.807) is 27.8 Å². The van der Waals surface area contributed by atoms with Crippen LogP contribution in [0.15, 0.2) is 77.7 Å². The first kappa shape index (κ1) is 23.7. The average molecular weight is 506 g/mol. The second-order valence-corrected chi connectivity index (χ2v) is 12.3. The molecule has 6 nitrogen and oxygen atoms in total. The Morgan fingerprint density at radius 1 is 0.971 bits per heavy atom. The van der Waals surface area contributed by atoms with Gasteiger partial charge < -0.3 is 5.32 Å². The number of sulfonamides is 1. The fraction of sp³-hybridized carbons (Fsp3) is 0.259. The molecule has 1 aliphatic heterocycles. The number of hydrogen-bond acceptors (Lipinski definition) is 5. The minimum Gasteiger partial charge on any atom is -0.322 e. The summed E-state index contributed by atoms with van der Waals surface area (Å²) in [6.07, 6.45) is 1.03. The van der Waals surface area contributed by atoms with E-state index in [1.807, 2.05) is 48.5 Å². The number of thiazole rings is 1. The van der Waals surface area contributed by atoms with E-state index in [9.17, 15) is 13.2 Å². The van der Waals surface area contributed by atoms with E-state index in [4.69, 9.17) is 0 Å². The minimum atomic E-state index is -3.58. The van der Waals surface area contributed by atoms with Crippen LogP contribution >= 0.6 is 11.3 Å². The van der Waals surface area contributed by atoms with Crippen LogP contribution in [0.25, 0.3) is 20.8 Å². The van der Waals surface area contributed by atoms with Gasteiger partial charge in [-0.25, -0.2) is 13.4 Å². The summed E-state index contributed by atoms with van der Waals surface area (Å²) < 4.78 is 28.9. The van der Waals surface area contributed by atoms with Gasteiger partial charge in [0.25, 0.3) is 5.91 Å². The van der Waals surface area contributed by atoms with Crippen molar-refractivity contribution in [1.82, 2.24) is 9.29 Å². The molecule has 8 heteroatoms. The third kappa shape index (κ3) is 5.00. The molecule has 5 rings (SSSR count). The molecule has 3 aromatic carbocycles. The maximum Gasteiger partial charge on any atom is 0.255 e. The number of rotatable bonds is 5. The van der Waals surface area contributed by atoms with Gasteiger partial charge in [0.2, 0.25) is 10.0 Å². The SMILES string of the molecule is C[C@H]1C[C@H](C)CN(S(=O)(=O)c2ccc(C(=O)Nc3cccc(-c4nc5ccccc5s4)c3)cc2)C1. The van der Waals surface area contributed by atoms with Crippen LogP contribution in [0.5, 0.6) is 0 Å². The summed E-state index contributed by atoms with van der Waals surface area (Å²) in [6, 6.07) is 21.7. The number of nitrogens with one attached hydrogen (secondary N) is 1. The molecule has 180 valence electrons. The molecule has 1 saturated heterocycles. The smallest absolute Gasteiger partial charge is 0.255 e. The number of carbonyl (C=O) groups excluding carboxylic acids is 1. The van der Waals surface area contributed by atoms with Crippen LogP contribution < -0.4 is 5.32 Å².